The number of methoxy groups -OCH3 is 2. The van der Waals surface area contributed by atoms with Gasteiger partial charge in [-0.1, -0.05) is 0 Å². The molecular formula is C19H24N4O4. The van der Waals surface area contributed by atoms with Gasteiger partial charge >= 0.3 is 0 Å². The zero-order valence-corrected chi connectivity index (χ0v) is 15.8. The molecule has 1 aliphatic heterocycles. The van der Waals surface area contributed by atoms with Crippen molar-refractivity contribution in [3.63, 3.8) is 0 Å². The number of carbonyl (C=O) groups excluding carboxylic acids is 2. The topological polar surface area (TPSA) is 85.7 Å². The Hall–Kier alpha value is -3.03. The van der Waals surface area contributed by atoms with E-state index in [-0.39, 0.29) is 18.4 Å². The van der Waals surface area contributed by atoms with Gasteiger partial charge in [0.2, 0.25) is 11.8 Å². The summed E-state index contributed by atoms with van der Waals surface area (Å²) in [4.78, 5) is 30.4. The van der Waals surface area contributed by atoms with Crippen LogP contribution in [0.15, 0.2) is 30.6 Å². The molecule has 3 rings (SSSR count). The molecule has 2 aromatic rings. The first kappa shape index (κ1) is 18.8. The van der Waals surface area contributed by atoms with Gasteiger partial charge in [-0.05, 0) is 24.1 Å². The lowest BCUT2D eigenvalue weighted by Gasteiger charge is -2.22. The standard InChI is InChI=1S/C19H24N4O4/c1-22-8-6-20-19(22)18(13-9-14(26-2)11-15(10-13)27-3)21-16(24)12-23-7-4-5-17(23)25/h6,8-11,18H,4-5,7,12H2,1-3H3,(H,21,24)/t18-/m1/s1. The monoisotopic (exact) mass is 372 g/mol. The van der Waals surface area contributed by atoms with Gasteiger partial charge in [-0.2, -0.15) is 0 Å². The van der Waals surface area contributed by atoms with Gasteiger partial charge in [0.15, 0.2) is 0 Å². The smallest absolute Gasteiger partial charge is 0.240 e. The number of amides is 2. The Balaban J connectivity index is 1.89. The molecule has 0 spiro atoms. The molecule has 1 atom stereocenters. The average molecular weight is 372 g/mol. The Morgan fingerprint density at radius 2 is 1.96 bits per heavy atom. The summed E-state index contributed by atoms with van der Waals surface area (Å²) >= 11 is 0. The van der Waals surface area contributed by atoms with Gasteiger partial charge < -0.3 is 24.3 Å². The second-order valence-corrected chi connectivity index (χ2v) is 6.46. The molecule has 1 aliphatic rings. The predicted octanol–water partition coefficient (Wildman–Crippen LogP) is 1.27. The van der Waals surface area contributed by atoms with Crippen molar-refractivity contribution in [1.82, 2.24) is 19.8 Å². The number of ether oxygens (including phenoxy) is 2. The average Bonchev–Trinajstić information content (AvgIpc) is 3.27. The van der Waals surface area contributed by atoms with Crippen LogP contribution in [0.3, 0.4) is 0 Å². The second kappa shape index (κ2) is 8.11. The van der Waals surface area contributed by atoms with Crippen LogP contribution in [0.25, 0.3) is 0 Å². The Bertz CT molecular complexity index is 811. The lowest BCUT2D eigenvalue weighted by atomic mass is 10.0. The Labute approximate surface area is 158 Å². The van der Waals surface area contributed by atoms with E-state index < -0.39 is 6.04 Å². The molecule has 0 bridgehead atoms. The van der Waals surface area contributed by atoms with Crippen LogP contribution in [0.2, 0.25) is 0 Å². The van der Waals surface area contributed by atoms with Gasteiger partial charge in [-0.15, -0.1) is 0 Å². The van der Waals surface area contributed by atoms with E-state index in [9.17, 15) is 9.59 Å². The van der Waals surface area contributed by atoms with E-state index >= 15 is 0 Å². The van der Waals surface area contributed by atoms with Crippen LogP contribution >= 0.6 is 0 Å². The van der Waals surface area contributed by atoms with E-state index in [1.165, 1.54) is 0 Å². The lowest BCUT2D eigenvalue weighted by molar-refractivity contribution is -0.133. The fourth-order valence-electron chi connectivity index (χ4n) is 3.20. The molecule has 0 unspecified atom stereocenters. The van der Waals surface area contributed by atoms with Crippen molar-refractivity contribution in [1.29, 1.82) is 0 Å². The molecule has 27 heavy (non-hydrogen) atoms. The molecule has 1 fully saturated rings. The number of aromatic nitrogens is 2. The fourth-order valence-corrected chi connectivity index (χ4v) is 3.20. The van der Waals surface area contributed by atoms with Crippen molar-refractivity contribution in [3.8, 4) is 11.5 Å². The molecule has 2 heterocycles. The second-order valence-electron chi connectivity index (χ2n) is 6.46. The number of hydrogen-bond acceptors (Lipinski definition) is 5. The highest BCUT2D eigenvalue weighted by molar-refractivity contribution is 5.86. The summed E-state index contributed by atoms with van der Waals surface area (Å²) in [7, 11) is 5.01. The summed E-state index contributed by atoms with van der Waals surface area (Å²) in [5.74, 6) is 1.69. The molecule has 0 saturated carbocycles. The SMILES string of the molecule is COc1cc(OC)cc([C@@H](NC(=O)CN2CCCC2=O)c2nccn2C)c1. The summed E-state index contributed by atoms with van der Waals surface area (Å²) in [5.41, 5.74) is 0.779. The molecule has 1 N–H and O–H groups in total. The summed E-state index contributed by atoms with van der Waals surface area (Å²) < 4.78 is 12.5. The van der Waals surface area contributed by atoms with E-state index in [1.807, 2.05) is 29.9 Å². The maximum atomic E-state index is 12.6. The number of imidazole rings is 1. The largest absolute Gasteiger partial charge is 0.497 e. The minimum atomic E-state index is -0.501. The fraction of sp³-hybridized carbons (Fsp3) is 0.421. The molecule has 1 aromatic heterocycles. The molecule has 2 amide bonds. The maximum absolute atomic E-state index is 12.6. The molecule has 8 nitrogen and oxygen atoms in total. The molecule has 0 radical (unpaired) electrons. The van der Waals surface area contributed by atoms with Crippen LogP contribution in [0.1, 0.15) is 30.3 Å². The predicted molar refractivity (Wildman–Crippen MR) is 98.6 cm³/mol. The quantitative estimate of drug-likeness (QED) is 0.791. The van der Waals surface area contributed by atoms with Crippen molar-refractivity contribution in [2.24, 2.45) is 7.05 Å². The van der Waals surface area contributed by atoms with E-state index in [1.54, 1.807) is 31.4 Å². The number of hydrogen-bond donors (Lipinski definition) is 1. The van der Waals surface area contributed by atoms with Gasteiger partial charge in [-0.25, -0.2) is 4.98 Å². The van der Waals surface area contributed by atoms with Crippen molar-refractivity contribution in [2.75, 3.05) is 27.3 Å². The highest BCUT2D eigenvalue weighted by atomic mass is 16.5. The molecule has 144 valence electrons. The minimum Gasteiger partial charge on any atom is -0.497 e. The van der Waals surface area contributed by atoms with Crippen LogP contribution in [-0.4, -0.2) is 53.6 Å². The summed E-state index contributed by atoms with van der Waals surface area (Å²) in [5, 5.41) is 3.00. The van der Waals surface area contributed by atoms with Crippen LogP contribution in [0.5, 0.6) is 11.5 Å². The number of rotatable bonds is 7. The number of carbonyl (C=O) groups is 2. The molecule has 0 aliphatic carbocycles. The maximum Gasteiger partial charge on any atom is 0.240 e. The van der Waals surface area contributed by atoms with Gasteiger partial charge in [0.25, 0.3) is 0 Å². The van der Waals surface area contributed by atoms with Crippen molar-refractivity contribution < 1.29 is 19.1 Å². The Kier molecular flexibility index (Phi) is 5.63. The zero-order chi connectivity index (χ0) is 19.4. The van der Waals surface area contributed by atoms with Crippen LogP contribution in [-0.2, 0) is 16.6 Å². The lowest BCUT2D eigenvalue weighted by Crippen LogP contribution is -2.40. The van der Waals surface area contributed by atoms with Crippen molar-refractivity contribution in [3.05, 3.63) is 42.0 Å². The first-order chi connectivity index (χ1) is 13.0. The highest BCUT2D eigenvalue weighted by Crippen LogP contribution is 2.29. The summed E-state index contributed by atoms with van der Waals surface area (Å²) in [6.45, 7) is 0.660. The Morgan fingerprint density at radius 3 is 2.48 bits per heavy atom. The number of nitrogens with one attached hydrogen (secondary N) is 1. The van der Waals surface area contributed by atoms with Crippen molar-refractivity contribution in [2.45, 2.75) is 18.9 Å². The first-order valence-corrected chi connectivity index (χ1v) is 8.79. The van der Waals surface area contributed by atoms with Crippen molar-refractivity contribution >= 4 is 11.8 Å². The first-order valence-electron chi connectivity index (χ1n) is 8.79. The third-order valence-corrected chi connectivity index (χ3v) is 4.63. The molecular weight excluding hydrogens is 348 g/mol. The molecule has 1 saturated heterocycles. The van der Waals surface area contributed by atoms with E-state index in [2.05, 4.69) is 10.3 Å². The third kappa shape index (κ3) is 4.21. The van der Waals surface area contributed by atoms with Gasteiger partial charge in [-0.3, -0.25) is 9.59 Å². The van der Waals surface area contributed by atoms with Crippen LogP contribution in [0.4, 0.5) is 0 Å². The zero-order valence-electron chi connectivity index (χ0n) is 15.8. The van der Waals surface area contributed by atoms with Gasteiger partial charge in [0, 0.05) is 38.5 Å². The minimum absolute atomic E-state index is 0.0155. The van der Waals surface area contributed by atoms with Gasteiger partial charge in [0.1, 0.15) is 23.4 Å². The van der Waals surface area contributed by atoms with Crippen LogP contribution in [0, 0.1) is 0 Å². The van der Waals surface area contributed by atoms with E-state index in [0.29, 0.717) is 30.3 Å². The highest BCUT2D eigenvalue weighted by Gasteiger charge is 2.26. The summed E-state index contributed by atoms with van der Waals surface area (Å²) in [6.07, 6.45) is 4.79. The molecule has 1 aromatic carbocycles. The Morgan fingerprint density at radius 1 is 1.26 bits per heavy atom. The molecule has 8 heteroatoms. The normalized spacial score (nSPS) is 14.9. The third-order valence-electron chi connectivity index (χ3n) is 4.63. The number of aryl methyl sites for hydroxylation is 1. The number of benzene rings is 1. The number of likely N-dealkylation sites (tertiary alicyclic amines) is 1. The van der Waals surface area contributed by atoms with E-state index in [0.717, 1.165) is 12.0 Å². The van der Waals surface area contributed by atoms with Gasteiger partial charge in [0.05, 0.1) is 20.8 Å². The van der Waals surface area contributed by atoms with Crippen LogP contribution < -0.4 is 14.8 Å². The number of nitrogens with zero attached hydrogens (tertiary/aromatic N) is 3. The van der Waals surface area contributed by atoms with E-state index in [4.69, 9.17) is 9.47 Å². The summed E-state index contributed by atoms with van der Waals surface area (Å²) in [6, 6.07) is 4.94.